The number of nitrogen functional groups attached to an aromatic ring is 1. The van der Waals surface area contributed by atoms with Crippen molar-refractivity contribution in [3.63, 3.8) is 0 Å². The number of nitrogens with zero attached hydrogens (tertiary/aromatic N) is 1. The first-order chi connectivity index (χ1) is 9.58. The lowest BCUT2D eigenvalue weighted by atomic mass is 10.1. The molecule has 3 rings (SSSR count). The predicted octanol–water partition coefficient (Wildman–Crippen LogP) is 3.89. The van der Waals surface area contributed by atoms with Gasteiger partial charge in [-0.1, -0.05) is 39.7 Å². The molecular weight excluding hydrogens is 340 g/mol. The molecule has 1 aliphatic heterocycles. The van der Waals surface area contributed by atoms with E-state index in [-0.39, 0.29) is 5.91 Å². The summed E-state index contributed by atoms with van der Waals surface area (Å²) < 4.78 is 0.848. The molecule has 3 nitrogen and oxygen atoms in total. The first kappa shape index (κ1) is 13.5. The molecule has 0 spiro atoms. The largest absolute Gasteiger partial charge is 0.397 e. The van der Waals surface area contributed by atoms with Gasteiger partial charge in [-0.25, -0.2) is 0 Å². The monoisotopic (exact) mass is 350 g/mol. The molecule has 1 amide bonds. The number of nitrogens with two attached hydrogens (primary N) is 1. The summed E-state index contributed by atoms with van der Waals surface area (Å²) in [7, 11) is 0. The number of carbonyl (C=O) groups is 1. The van der Waals surface area contributed by atoms with Crippen LogP contribution in [-0.2, 0) is 6.42 Å². The SMILES string of the molecule is Nc1cccc2c1N(C(=O)c1ccc(Br)cc1Cl)CC2. The average molecular weight is 352 g/mol. The topological polar surface area (TPSA) is 46.3 Å². The van der Waals surface area contributed by atoms with Gasteiger partial charge >= 0.3 is 0 Å². The summed E-state index contributed by atoms with van der Waals surface area (Å²) in [5.41, 5.74) is 9.04. The maximum absolute atomic E-state index is 12.7. The van der Waals surface area contributed by atoms with Crippen molar-refractivity contribution < 1.29 is 4.79 Å². The van der Waals surface area contributed by atoms with Crippen LogP contribution in [0.4, 0.5) is 11.4 Å². The summed E-state index contributed by atoms with van der Waals surface area (Å²) >= 11 is 9.50. The van der Waals surface area contributed by atoms with Crippen LogP contribution in [-0.4, -0.2) is 12.5 Å². The molecule has 0 aromatic heterocycles. The number of carbonyl (C=O) groups excluding carboxylic acids is 1. The molecule has 2 aromatic carbocycles. The minimum atomic E-state index is -0.112. The second-order valence-corrected chi connectivity index (χ2v) is 6.01. The van der Waals surface area contributed by atoms with Crippen LogP contribution in [0.5, 0.6) is 0 Å². The summed E-state index contributed by atoms with van der Waals surface area (Å²) in [6.07, 6.45) is 0.820. The molecule has 0 bridgehead atoms. The van der Waals surface area contributed by atoms with Crippen LogP contribution in [0.25, 0.3) is 0 Å². The molecule has 0 radical (unpaired) electrons. The van der Waals surface area contributed by atoms with Crippen molar-refractivity contribution in [1.82, 2.24) is 0 Å². The van der Waals surface area contributed by atoms with Crippen molar-refractivity contribution in [3.05, 3.63) is 57.0 Å². The van der Waals surface area contributed by atoms with Gasteiger partial charge in [-0.05, 0) is 36.2 Å². The Bertz CT molecular complexity index is 702. The van der Waals surface area contributed by atoms with Gasteiger partial charge in [0.15, 0.2) is 0 Å². The Kier molecular flexibility index (Phi) is 3.44. The Balaban J connectivity index is 2.02. The van der Waals surface area contributed by atoms with E-state index in [2.05, 4.69) is 15.9 Å². The number of halogens is 2. The van der Waals surface area contributed by atoms with Gasteiger partial charge in [0.25, 0.3) is 5.91 Å². The maximum atomic E-state index is 12.7. The van der Waals surface area contributed by atoms with E-state index in [1.807, 2.05) is 24.3 Å². The highest BCUT2D eigenvalue weighted by Gasteiger charge is 2.28. The van der Waals surface area contributed by atoms with Crippen LogP contribution in [0.2, 0.25) is 5.02 Å². The highest BCUT2D eigenvalue weighted by molar-refractivity contribution is 9.10. The summed E-state index contributed by atoms with van der Waals surface area (Å²) in [6.45, 7) is 0.634. The van der Waals surface area contributed by atoms with Crippen LogP contribution >= 0.6 is 27.5 Å². The van der Waals surface area contributed by atoms with Gasteiger partial charge in [0.1, 0.15) is 0 Å². The number of fused-ring (bicyclic) bond motifs is 1. The summed E-state index contributed by atoms with van der Waals surface area (Å²) in [5, 5.41) is 0.437. The van der Waals surface area contributed by atoms with E-state index in [1.54, 1.807) is 17.0 Å². The van der Waals surface area contributed by atoms with Gasteiger partial charge < -0.3 is 10.6 Å². The molecule has 0 unspecified atom stereocenters. The Morgan fingerprint density at radius 3 is 2.85 bits per heavy atom. The Morgan fingerprint density at radius 2 is 2.10 bits per heavy atom. The van der Waals surface area contributed by atoms with Crippen molar-refractivity contribution in [2.24, 2.45) is 0 Å². The fourth-order valence-electron chi connectivity index (χ4n) is 2.50. The Morgan fingerprint density at radius 1 is 1.30 bits per heavy atom. The molecule has 102 valence electrons. The molecule has 0 atom stereocenters. The third-order valence-corrected chi connectivity index (χ3v) is 4.24. The zero-order chi connectivity index (χ0) is 14.3. The van der Waals surface area contributed by atoms with E-state index in [4.69, 9.17) is 17.3 Å². The van der Waals surface area contributed by atoms with E-state index >= 15 is 0 Å². The lowest BCUT2D eigenvalue weighted by molar-refractivity contribution is 0.0989. The zero-order valence-corrected chi connectivity index (χ0v) is 12.9. The van der Waals surface area contributed by atoms with Crippen LogP contribution in [0.15, 0.2) is 40.9 Å². The summed E-state index contributed by atoms with van der Waals surface area (Å²) in [6, 6.07) is 11.0. The van der Waals surface area contributed by atoms with Gasteiger partial charge in [0.2, 0.25) is 0 Å². The van der Waals surface area contributed by atoms with E-state index in [1.165, 1.54) is 0 Å². The third-order valence-electron chi connectivity index (χ3n) is 3.43. The number of benzene rings is 2. The molecular formula is C15H12BrClN2O. The number of amides is 1. The molecule has 2 N–H and O–H groups in total. The van der Waals surface area contributed by atoms with Gasteiger partial charge in [-0.3, -0.25) is 4.79 Å². The Labute approximate surface area is 130 Å². The van der Waals surface area contributed by atoms with E-state index in [0.717, 1.165) is 22.1 Å². The minimum Gasteiger partial charge on any atom is -0.397 e. The third kappa shape index (κ3) is 2.19. The fraction of sp³-hybridized carbons (Fsp3) is 0.133. The lowest BCUT2D eigenvalue weighted by Gasteiger charge is -2.19. The van der Waals surface area contributed by atoms with Crippen LogP contribution in [0.3, 0.4) is 0 Å². The number of hydrogen-bond acceptors (Lipinski definition) is 2. The highest BCUT2D eigenvalue weighted by atomic mass is 79.9. The van der Waals surface area contributed by atoms with Crippen LogP contribution in [0, 0.1) is 0 Å². The quantitative estimate of drug-likeness (QED) is 0.792. The number of hydrogen-bond donors (Lipinski definition) is 1. The lowest BCUT2D eigenvalue weighted by Crippen LogP contribution is -2.29. The number of rotatable bonds is 1. The molecule has 0 fully saturated rings. The van der Waals surface area contributed by atoms with Crippen LogP contribution in [0.1, 0.15) is 15.9 Å². The van der Waals surface area contributed by atoms with Crippen molar-refractivity contribution >= 4 is 44.8 Å². The molecule has 1 heterocycles. The molecule has 5 heteroatoms. The van der Waals surface area contributed by atoms with Gasteiger partial charge in [0, 0.05) is 11.0 Å². The summed E-state index contributed by atoms with van der Waals surface area (Å²) in [5.74, 6) is -0.112. The van der Waals surface area contributed by atoms with Gasteiger partial charge in [0.05, 0.1) is 22.0 Å². The van der Waals surface area contributed by atoms with Crippen molar-refractivity contribution in [2.45, 2.75) is 6.42 Å². The average Bonchev–Trinajstić information content (AvgIpc) is 2.83. The molecule has 2 aromatic rings. The second kappa shape index (κ2) is 5.11. The van der Waals surface area contributed by atoms with Crippen molar-refractivity contribution in [3.8, 4) is 0 Å². The number of para-hydroxylation sites is 1. The zero-order valence-electron chi connectivity index (χ0n) is 10.6. The number of anilines is 2. The first-order valence-electron chi connectivity index (χ1n) is 6.22. The smallest absolute Gasteiger partial charge is 0.259 e. The molecule has 0 saturated heterocycles. The Hall–Kier alpha value is -1.52. The van der Waals surface area contributed by atoms with Gasteiger partial charge in [-0.2, -0.15) is 0 Å². The van der Waals surface area contributed by atoms with E-state index in [0.29, 0.717) is 22.8 Å². The second-order valence-electron chi connectivity index (χ2n) is 4.69. The van der Waals surface area contributed by atoms with Crippen molar-refractivity contribution in [1.29, 1.82) is 0 Å². The van der Waals surface area contributed by atoms with Crippen LogP contribution < -0.4 is 10.6 Å². The maximum Gasteiger partial charge on any atom is 0.259 e. The predicted molar refractivity (Wildman–Crippen MR) is 85.4 cm³/mol. The highest BCUT2D eigenvalue weighted by Crippen LogP contribution is 2.35. The van der Waals surface area contributed by atoms with Crippen molar-refractivity contribution in [2.75, 3.05) is 17.2 Å². The standard InChI is InChI=1S/C15H12BrClN2O/c16-10-4-5-11(12(17)8-10)15(20)19-7-6-9-2-1-3-13(18)14(9)19/h1-5,8H,6-7,18H2. The van der Waals surface area contributed by atoms with E-state index < -0.39 is 0 Å². The molecule has 0 saturated carbocycles. The summed E-state index contributed by atoms with van der Waals surface area (Å²) in [4.78, 5) is 14.4. The molecule has 1 aliphatic rings. The van der Waals surface area contributed by atoms with E-state index in [9.17, 15) is 4.79 Å². The van der Waals surface area contributed by atoms with Gasteiger partial charge in [-0.15, -0.1) is 0 Å². The normalized spacial score (nSPS) is 13.4. The first-order valence-corrected chi connectivity index (χ1v) is 7.39. The fourth-order valence-corrected chi connectivity index (χ4v) is 3.25. The molecule has 0 aliphatic carbocycles. The minimum absolute atomic E-state index is 0.112. The molecule has 20 heavy (non-hydrogen) atoms.